The smallest absolute Gasteiger partial charge is 0.468 e. The summed E-state index contributed by atoms with van der Waals surface area (Å²) >= 11 is 0. The third kappa shape index (κ3) is 11.8. The molecule has 0 saturated carbocycles. The maximum Gasteiger partial charge on any atom is 0.513 e. The van der Waals surface area contributed by atoms with Crippen molar-refractivity contribution in [3.8, 4) is 11.5 Å². The van der Waals surface area contributed by atoms with Gasteiger partial charge in [0.2, 0.25) is 0 Å². The van der Waals surface area contributed by atoms with Gasteiger partial charge in [0.15, 0.2) is 11.5 Å². The number of methoxy groups -OCH3 is 1. The number of esters is 2. The van der Waals surface area contributed by atoms with Crippen LogP contribution in [0.4, 0.5) is 9.59 Å². The highest BCUT2D eigenvalue weighted by atomic mass is 16.7. The summed E-state index contributed by atoms with van der Waals surface area (Å²) in [5.41, 5.74) is 5.33. The predicted molar refractivity (Wildman–Crippen MR) is 147 cm³/mol. The first-order valence-electron chi connectivity index (χ1n) is 13.7. The summed E-state index contributed by atoms with van der Waals surface area (Å²) in [6.45, 7) is 11.6. The van der Waals surface area contributed by atoms with Crippen molar-refractivity contribution in [3.63, 3.8) is 0 Å². The average molecular weight is 568 g/mol. The lowest BCUT2D eigenvalue weighted by Gasteiger charge is -2.27. The second kappa shape index (κ2) is 17.4. The number of hydrogen-bond donors (Lipinski definition) is 1. The predicted octanol–water partition coefficient (Wildman–Crippen LogP) is 5.20. The number of benzene rings is 1. The molecular weight excluding hydrogens is 522 g/mol. The van der Waals surface area contributed by atoms with E-state index < -0.39 is 23.8 Å². The molecule has 0 amide bonds. The van der Waals surface area contributed by atoms with Crippen LogP contribution in [0.5, 0.6) is 11.5 Å². The molecule has 0 fully saturated rings. The molecule has 0 aromatic heterocycles. The maximum atomic E-state index is 12.6. The van der Waals surface area contributed by atoms with Gasteiger partial charge in [-0.1, -0.05) is 60.5 Å². The topological polar surface area (TPSA) is 150 Å². The number of rotatable bonds is 16. The molecule has 0 saturated heterocycles. The van der Waals surface area contributed by atoms with Crippen molar-refractivity contribution in [1.29, 1.82) is 0 Å². The summed E-state index contributed by atoms with van der Waals surface area (Å²) in [6.07, 6.45) is 0.211. The van der Waals surface area contributed by atoms with Crippen LogP contribution in [0.2, 0.25) is 0 Å². The van der Waals surface area contributed by atoms with Gasteiger partial charge in [0.05, 0.1) is 32.8 Å². The maximum absolute atomic E-state index is 12.6. The van der Waals surface area contributed by atoms with E-state index in [9.17, 15) is 19.2 Å². The molecule has 0 bridgehead atoms. The van der Waals surface area contributed by atoms with Crippen molar-refractivity contribution in [2.75, 3.05) is 26.9 Å². The standard InChI is InChI=1S/C29H45NO10/c1-8-19(4)17-37-27(33)39-23-12-11-22(15-24(23)40-28(34)38-18-20(5)9-2)16-29(30,26(32)35-7)13-14-36-25(31)21(6)10-3/h11-12,15,19-21H,8-10,13-14,16-18,30H2,1-7H3/t19?,20?,21?,29-/m1/s1. The van der Waals surface area contributed by atoms with E-state index in [-0.39, 0.29) is 67.9 Å². The van der Waals surface area contributed by atoms with Gasteiger partial charge in [-0.2, -0.15) is 0 Å². The number of carbonyl (C=O) groups excluding carboxylic acids is 4. The fraction of sp³-hybridized carbons (Fsp3) is 0.655. The van der Waals surface area contributed by atoms with Crippen LogP contribution < -0.4 is 15.2 Å². The Morgan fingerprint density at radius 1 is 0.825 bits per heavy atom. The molecule has 0 heterocycles. The Morgan fingerprint density at radius 3 is 1.88 bits per heavy atom. The molecule has 4 atom stereocenters. The van der Waals surface area contributed by atoms with E-state index in [1.165, 1.54) is 19.2 Å². The van der Waals surface area contributed by atoms with E-state index in [4.69, 9.17) is 34.2 Å². The molecule has 11 nitrogen and oxygen atoms in total. The summed E-state index contributed by atoms with van der Waals surface area (Å²) in [4.78, 5) is 49.4. The Balaban J connectivity index is 3.17. The minimum Gasteiger partial charge on any atom is -0.468 e. The number of carbonyl (C=O) groups is 4. The first-order chi connectivity index (χ1) is 18.9. The molecule has 1 aromatic carbocycles. The Morgan fingerprint density at radius 2 is 1.38 bits per heavy atom. The van der Waals surface area contributed by atoms with Crippen LogP contribution in [-0.4, -0.2) is 56.7 Å². The molecule has 40 heavy (non-hydrogen) atoms. The SMILES string of the molecule is CCC(C)COC(=O)Oc1ccc(C[C@](N)(CCOC(=O)C(C)CC)C(=O)OC)cc1OC(=O)OCC(C)CC. The molecule has 0 aliphatic carbocycles. The lowest BCUT2D eigenvalue weighted by atomic mass is 9.88. The van der Waals surface area contributed by atoms with Gasteiger partial charge in [0, 0.05) is 12.8 Å². The fourth-order valence-electron chi connectivity index (χ4n) is 3.19. The molecule has 3 unspecified atom stereocenters. The van der Waals surface area contributed by atoms with Gasteiger partial charge in [-0.15, -0.1) is 0 Å². The van der Waals surface area contributed by atoms with Crippen molar-refractivity contribution >= 4 is 24.2 Å². The first-order valence-corrected chi connectivity index (χ1v) is 13.7. The zero-order chi connectivity index (χ0) is 30.3. The van der Waals surface area contributed by atoms with Crippen molar-refractivity contribution in [1.82, 2.24) is 0 Å². The Labute approximate surface area is 236 Å². The lowest BCUT2D eigenvalue weighted by molar-refractivity contribution is -0.153. The van der Waals surface area contributed by atoms with Crippen molar-refractivity contribution in [3.05, 3.63) is 23.8 Å². The van der Waals surface area contributed by atoms with E-state index in [2.05, 4.69) is 0 Å². The van der Waals surface area contributed by atoms with Gasteiger partial charge in [-0.3, -0.25) is 9.59 Å². The Hall–Kier alpha value is -3.34. The van der Waals surface area contributed by atoms with Crippen LogP contribution in [0.25, 0.3) is 0 Å². The van der Waals surface area contributed by atoms with E-state index in [0.29, 0.717) is 12.0 Å². The third-order valence-electron chi connectivity index (χ3n) is 6.68. The quantitative estimate of drug-likeness (QED) is 0.159. The lowest BCUT2D eigenvalue weighted by Crippen LogP contribution is -2.51. The molecule has 1 rings (SSSR count). The summed E-state index contributed by atoms with van der Waals surface area (Å²) in [5, 5.41) is 0. The van der Waals surface area contributed by atoms with E-state index in [1.807, 2.05) is 34.6 Å². The summed E-state index contributed by atoms with van der Waals surface area (Å²) in [7, 11) is 1.21. The molecule has 11 heteroatoms. The molecule has 0 spiro atoms. The highest BCUT2D eigenvalue weighted by molar-refractivity contribution is 5.81. The summed E-state index contributed by atoms with van der Waals surface area (Å²) in [6, 6.07) is 4.37. The van der Waals surface area contributed by atoms with Crippen LogP contribution in [0, 0.1) is 17.8 Å². The molecular formula is C29H45NO10. The number of nitrogens with two attached hydrogens (primary N) is 1. The molecule has 0 radical (unpaired) electrons. The van der Waals surface area contributed by atoms with E-state index >= 15 is 0 Å². The second-order valence-electron chi connectivity index (χ2n) is 10.2. The van der Waals surface area contributed by atoms with Gasteiger partial charge in [0.1, 0.15) is 5.54 Å². The van der Waals surface area contributed by atoms with Gasteiger partial charge in [0.25, 0.3) is 0 Å². The van der Waals surface area contributed by atoms with Crippen molar-refractivity contribution in [2.45, 2.75) is 79.2 Å². The normalized spacial score (nSPS) is 14.6. The monoisotopic (exact) mass is 567 g/mol. The van der Waals surface area contributed by atoms with Crippen LogP contribution in [-0.2, 0) is 35.0 Å². The zero-order valence-electron chi connectivity index (χ0n) is 24.8. The summed E-state index contributed by atoms with van der Waals surface area (Å²) in [5.74, 6) is -1.32. The van der Waals surface area contributed by atoms with Crippen LogP contribution in [0.15, 0.2) is 18.2 Å². The molecule has 1 aromatic rings. The number of ether oxygens (including phenoxy) is 6. The minimum absolute atomic E-state index is 0.0187. The first kappa shape index (κ1) is 34.7. The van der Waals surface area contributed by atoms with Gasteiger partial charge >= 0.3 is 24.2 Å². The van der Waals surface area contributed by atoms with Gasteiger partial charge < -0.3 is 34.2 Å². The molecule has 0 aliphatic rings. The minimum atomic E-state index is -1.56. The largest absolute Gasteiger partial charge is 0.513 e. The average Bonchev–Trinajstić information content (AvgIpc) is 2.94. The van der Waals surface area contributed by atoms with Crippen LogP contribution >= 0.6 is 0 Å². The van der Waals surface area contributed by atoms with Crippen LogP contribution in [0.3, 0.4) is 0 Å². The van der Waals surface area contributed by atoms with Crippen LogP contribution in [0.1, 0.15) is 72.8 Å². The number of hydrogen-bond acceptors (Lipinski definition) is 11. The zero-order valence-corrected chi connectivity index (χ0v) is 24.8. The summed E-state index contributed by atoms with van der Waals surface area (Å²) < 4.78 is 31.2. The highest BCUT2D eigenvalue weighted by Crippen LogP contribution is 2.31. The second-order valence-corrected chi connectivity index (χ2v) is 10.2. The van der Waals surface area contributed by atoms with Gasteiger partial charge in [-0.25, -0.2) is 9.59 Å². The van der Waals surface area contributed by atoms with Crippen molar-refractivity contribution < 1.29 is 47.6 Å². The van der Waals surface area contributed by atoms with Crippen molar-refractivity contribution in [2.24, 2.45) is 23.5 Å². The molecule has 226 valence electrons. The van der Waals surface area contributed by atoms with E-state index in [0.717, 1.165) is 12.8 Å². The molecule has 0 aliphatic heterocycles. The van der Waals surface area contributed by atoms with E-state index in [1.54, 1.807) is 13.0 Å². The third-order valence-corrected chi connectivity index (χ3v) is 6.68. The Kier molecular flexibility index (Phi) is 15.1. The van der Waals surface area contributed by atoms with Gasteiger partial charge in [-0.05, 0) is 36.0 Å². The highest BCUT2D eigenvalue weighted by Gasteiger charge is 2.36. The fourth-order valence-corrected chi connectivity index (χ4v) is 3.19. The Bertz CT molecular complexity index is 982. The molecule has 2 N–H and O–H groups in total.